The molecule has 0 aliphatic carbocycles. The van der Waals surface area contributed by atoms with Crippen molar-refractivity contribution in [1.82, 2.24) is 14.9 Å². The molecular formula is C20H20N4O2. The molecule has 0 aliphatic heterocycles. The Bertz CT molecular complexity index is 841. The third-order valence-corrected chi connectivity index (χ3v) is 3.76. The molecule has 0 saturated heterocycles. The van der Waals surface area contributed by atoms with Crippen LogP contribution in [0.15, 0.2) is 73.2 Å². The number of hydrogen-bond donors (Lipinski definition) is 1. The van der Waals surface area contributed by atoms with E-state index in [1.54, 1.807) is 30.5 Å². The van der Waals surface area contributed by atoms with Crippen LogP contribution in [0.5, 0.6) is 5.75 Å². The predicted molar refractivity (Wildman–Crippen MR) is 99.7 cm³/mol. The molecule has 0 bridgehead atoms. The first-order valence-electron chi connectivity index (χ1n) is 8.25. The molecular weight excluding hydrogens is 328 g/mol. The first-order chi connectivity index (χ1) is 12.7. The van der Waals surface area contributed by atoms with Crippen LogP contribution < -0.4 is 10.1 Å². The molecule has 26 heavy (non-hydrogen) atoms. The summed E-state index contributed by atoms with van der Waals surface area (Å²) in [4.78, 5) is 22.2. The Labute approximate surface area is 152 Å². The SMILES string of the molecule is CN(Cc1cnccn1)C(=O)Nc1ccccc1COc1ccccc1. The van der Waals surface area contributed by atoms with Gasteiger partial charge in [0, 0.05) is 30.7 Å². The van der Waals surface area contributed by atoms with Crippen LogP contribution in [0.2, 0.25) is 0 Å². The number of nitrogens with zero attached hydrogens (tertiary/aromatic N) is 3. The lowest BCUT2D eigenvalue weighted by atomic mass is 10.2. The van der Waals surface area contributed by atoms with Gasteiger partial charge < -0.3 is 15.0 Å². The molecule has 0 fully saturated rings. The molecule has 1 N–H and O–H groups in total. The Morgan fingerprint density at radius 3 is 2.62 bits per heavy atom. The minimum atomic E-state index is -0.220. The van der Waals surface area contributed by atoms with Crippen LogP contribution in [0.4, 0.5) is 10.5 Å². The van der Waals surface area contributed by atoms with Crippen molar-refractivity contribution in [3.05, 3.63) is 84.4 Å². The topological polar surface area (TPSA) is 67.4 Å². The molecule has 2 aromatic carbocycles. The molecule has 0 spiro atoms. The lowest BCUT2D eigenvalue weighted by Gasteiger charge is -2.19. The van der Waals surface area contributed by atoms with E-state index in [0.717, 1.165) is 22.7 Å². The van der Waals surface area contributed by atoms with E-state index in [1.807, 2.05) is 54.6 Å². The highest BCUT2D eigenvalue weighted by Gasteiger charge is 2.12. The molecule has 0 aliphatic rings. The van der Waals surface area contributed by atoms with Gasteiger partial charge in [-0.05, 0) is 18.2 Å². The zero-order chi connectivity index (χ0) is 18.2. The number of para-hydroxylation sites is 2. The Morgan fingerprint density at radius 1 is 1.08 bits per heavy atom. The molecule has 2 amide bonds. The largest absolute Gasteiger partial charge is 0.489 e. The summed E-state index contributed by atoms with van der Waals surface area (Å²) in [7, 11) is 1.72. The molecule has 0 saturated carbocycles. The second-order valence-corrected chi connectivity index (χ2v) is 5.74. The number of carbonyl (C=O) groups is 1. The number of benzene rings is 2. The second-order valence-electron chi connectivity index (χ2n) is 5.74. The maximum atomic E-state index is 12.5. The monoisotopic (exact) mass is 348 g/mol. The molecule has 3 rings (SSSR count). The van der Waals surface area contributed by atoms with Gasteiger partial charge in [-0.2, -0.15) is 0 Å². The van der Waals surface area contributed by atoms with Gasteiger partial charge in [0.25, 0.3) is 0 Å². The van der Waals surface area contributed by atoms with E-state index in [1.165, 1.54) is 0 Å². The van der Waals surface area contributed by atoms with Gasteiger partial charge in [0.2, 0.25) is 0 Å². The van der Waals surface area contributed by atoms with E-state index in [4.69, 9.17) is 4.74 Å². The number of hydrogen-bond acceptors (Lipinski definition) is 4. The van der Waals surface area contributed by atoms with Crippen LogP contribution in [0, 0.1) is 0 Å². The molecule has 0 radical (unpaired) electrons. The van der Waals surface area contributed by atoms with Gasteiger partial charge in [0.05, 0.1) is 18.4 Å². The summed E-state index contributed by atoms with van der Waals surface area (Å²) < 4.78 is 5.79. The standard InChI is InChI=1S/C20H20N4O2/c1-24(14-17-13-21-11-12-22-17)20(25)23-19-10-6-5-7-16(19)15-26-18-8-3-2-4-9-18/h2-13H,14-15H2,1H3,(H,23,25). The van der Waals surface area contributed by atoms with Crippen molar-refractivity contribution in [3.63, 3.8) is 0 Å². The minimum absolute atomic E-state index is 0.220. The first-order valence-corrected chi connectivity index (χ1v) is 8.25. The predicted octanol–water partition coefficient (Wildman–Crippen LogP) is 3.72. The maximum Gasteiger partial charge on any atom is 0.321 e. The molecule has 6 heteroatoms. The van der Waals surface area contributed by atoms with E-state index >= 15 is 0 Å². The number of anilines is 1. The van der Waals surface area contributed by atoms with Gasteiger partial charge in [-0.3, -0.25) is 9.97 Å². The average Bonchev–Trinajstić information content (AvgIpc) is 2.69. The number of nitrogens with one attached hydrogen (secondary N) is 1. The van der Waals surface area contributed by atoms with Gasteiger partial charge in [0.1, 0.15) is 12.4 Å². The fraction of sp³-hybridized carbons (Fsp3) is 0.150. The minimum Gasteiger partial charge on any atom is -0.489 e. The Morgan fingerprint density at radius 2 is 1.85 bits per heavy atom. The second kappa shape index (κ2) is 8.62. The van der Waals surface area contributed by atoms with E-state index in [2.05, 4.69) is 15.3 Å². The summed E-state index contributed by atoms with van der Waals surface area (Å²) in [6.45, 7) is 0.747. The van der Waals surface area contributed by atoms with Crippen LogP contribution in [0.3, 0.4) is 0 Å². The quantitative estimate of drug-likeness (QED) is 0.737. The maximum absolute atomic E-state index is 12.5. The third kappa shape index (κ3) is 4.80. The van der Waals surface area contributed by atoms with Gasteiger partial charge in [-0.25, -0.2) is 4.79 Å². The van der Waals surface area contributed by atoms with Crippen molar-refractivity contribution in [2.75, 3.05) is 12.4 Å². The van der Waals surface area contributed by atoms with Gasteiger partial charge in [-0.1, -0.05) is 36.4 Å². The lowest BCUT2D eigenvalue weighted by Crippen LogP contribution is -2.31. The number of amides is 2. The number of ether oxygens (including phenoxy) is 1. The van der Waals surface area contributed by atoms with Crippen molar-refractivity contribution in [3.8, 4) is 5.75 Å². The van der Waals surface area contributed by atoms with Crippen molar-refractivity contribution >= 4 is 11.7 Å². The highest BCUT2D eigenvalue weighted by molar-refractivity contribution is 5.89. The average molecular weight is 348 g/mol. The zero-order valence-corrected chi connectivity index (χ0v) is 14.5. The van der Waals surface area contributed by atoms with Crippen molar-refractivity contribution in [2.24, 2.45) is 0 Å². The van der Waals surface area contributed by atoms with Gasteiger partial charge in [0.15, 0.2) is 0 Å². The van der Waals surface area contributed by atoms with Crippen LogP contribution in [-0.4, -0.2) is 27.9 Å². The molecule has 6 nitrogen and oxygen atoms in total. The van der Waals surface area contributed by atoms with Crippen molar-refractivity contribution in [2.45, 2.75) is 13.2 Å². The fourth-order valence-corrected chi connectivity index (χ4v) is 2.38. The molecule has 0 atom stereocenters. The van der Waals surface area contributed by atoms with E-state index in [9.17, 15) is 4.79 Å². The third-order valence-electron chi connectivity index (χ3n) is 3.76. The van der Waals surface area contributed by atoms with E-state index in [0.29, 0.717) is 13.2 Å². The summed E-state index contributed by atoms with van der Waals surface area (Å²) in [5.41, 5.74) is 2.35. The smallest absolute Gasteiger partial charge is 0.321 e. The Kier molecular flexibility index (Phi) is 5.77. The van der Waals surface area contributed by atoms with Crippen LogP contribution in [-0.2, 0) is 13.2 Å². The summed E-state index contributed by atoms with van der Waals surface area (Å²) in [5.74, 6) is 0.786. The lowest BCUT2D eigenvalue weighted by molar-refractivity contribution is 0.220. The summed E-state index contributed by atoms with van der Waals surface area (Å²) in [5, 5.41) is 2.93. The fourth-order valence-electron chi connectivity index (χ4n) is 2.38. The molecule has 1 heterocycles. The normalized spacial score (nSPS) is 10.2. The van der Waals surface area contributed by atoms with Gasteiger partial charge >= 0.3 is 6.03 Å². The molecule has 3 aromatic rings. The number of carbonyl (C=O) groups excluding carboxylic acids is 1. The Balaban J connectivity index is 1.63. The first kappa shape index (κ1) is 17.4. The van der Waals surface area contributed by atoms with Gasteiger partial charge in [-0.15, -0.1) is 0 Å². The van der Waals surface area contributed by atoms with Crippen LogP contribution >= 0.6 is 0 Å². The zero-order valence-electron chi connectivity index (χ0n) is 14.5. The number of aromatic nitrogens is 2. The van der Waals surface area contributed by atoms with Crippen LogP contribution in [0.1, 0.15) is 11.3 Å². The van der Waals surface area contributed by atoms with E-state index in [-0.39, 0.29) is 6.03 Å². The number of rotatable bonds is 6. The highest BCUT2D eigenvalue weighted by atomic mass is 16.5. The van der Waals surface area contributed by atoms with Crippen LogP contribution in [0.25, 0.3) is 0 Å². The number of urea groups is 1. The molecule has 132 valence electrons. The summed E-state index contributed by atoms with van der Waals surface area (Å²) in [6.07, 6.45) is 4.86. The van der Waals surface area contributed by atoms with Crippen molar-refractivity contribution in [1.29, 1.82) is 0 Å². The Hall–Kier alpha value is -3.41. The van der Waals surface area contributed by atoms with Crippen molar-refractivity contribution < 1.29 is 9.53 Å². The summed E-state index contributed by atoms with van der Waals surface area (Å²) in [6, 6.07) is 16.9. The van der Waals surface area contributed by atoms with E-state index < -0.39 is 0 Å². The molecule has 0 unspecified atom stereocenters. The highest BCUT2D eigenvalue weighted by Crippen LogP contribution is 2.19. The molecule has 1 aromatic heterocycles. The summed E-state index contributed by atoms with van der Waals surface area (Å²) >= 11 is 0.